The Morgan fingerprint density at radius 1 is 1.50 bits per heavy atom. The highest BCUT2D eigenvalue weighted by Crippen LogP contribution is 2.19. The van der Waals surface area contributed by atoms with Crippen LogP contribution in [0, 0.1) is 5.92 Å². The Hall–Kier alpha value is -0.220. The van der Waals surface area contributed by atoms with Crippen LogP contribution in [0.2, 0.25) is 0 Å². The summed E-state index contributed by atoms with van der Waals surface area (Å²) in [6.45, 7) is 6.63. The van der Waals surface area contributed by atoms with Gasteiger partial charge in [0.25, 0.3) is 0 Å². The highest BCUT2D eigenvalue weighted by molar-refractivity contribution is 7.99. The Bertz CT molecular complexity index is 164. The lowest BCUT2D eigenvalue weighted by atomic mass is 10.2. The molecule has 0 radical (unpaired) electrons. The van der Waals surface area contributed by atoms with Crippen LogP contribution in [0.3, 0.4) is 0 Å². The molecule has 84 valence electrons. The van der Waals surface area contributed by atoms with Crippen molar-refractivity contribution in [3.8, 4) is 0 Å². The molecule has 0 saturated heterocycles. The monoisotopic (exact) mass is 218 g/mol. The molecule has 3 nitrogen and oxygen atoms in total. The Kier molecular flexibility index (Phi) is 7.99. The summed E-state index contributed by atoms with van der Waals surface area (Å²) in [5, 5.41) is 0.543. The molecule has 14 heavy (non-hydrogen) atoms. The van der Waals surface area contributed by atoms with Crippen LogP contribution in [0.1, 0.15) is 40.0 Å². The van der Waals surface area contributed by atoms with E-state index in [0.717, 1.165) is 12.3 Å². The molecule has 0 aliphatic heterocycles. The van der Waals surface area contributed by atoms with Gasteiger partial charge in [0.05, 0.1) is 0 Å². The summed E-state index contributed by atoms with van der Waals surface area (Å²) in [4.78, 5) is 10.9. The molecular weight excluding hydrogens is 196 g/mol. The van der Waals surface area contributed by atoms with Gasteiger partial charge in [0.15, 0.2) is 0 Å². The summed E-state index contributed by atoms with van der Waals surface area (Å²) in [5.41, 5.74) is 2.15. The summed E-state index contributed by atoms with van der Waals surface area (Å²) in [7, 11) is 0. The number of nitrogens with two attached hydrogens (primary N) is 1. The van der Waals surface area contributed by atoms with E-state index < -0.39 is 0 Å². The molecule has 4 heteroatoms. The van der Waals surface area contributed by atoms with Gasteiger partial charge in [-0.25, -0.2) is 5.84 Å². The molecule has 2 unspecified atom stereocenters. The van der Waals surface area contributed by atoms with E-state index in [1.54, 1.807) is 0 Å². The van der Waals surface area contributed by atoms with E-state index in [1.807, 2.05) is 11.8 Å². The third-order valence-corrected chi connectivity index (χ3v) is 3.87. The van der Waals surface area contributed by atoms with E-state index in [-0.39, 0.29) is 5.91 Å². The van der Waals surface area contributed by atoms with Crippen LogP contribution in [-0.4, -0.2) is 16.9 Å². The van der Waals surface area contributed by atoms with E-state index in [0.29, 0.717) is 11.7 Å². The van der Waals surface area contributed by atoms with Crippen molar-refractivity contribution in [3.63, 3.8) is 0 Å². The average molecular weight is 218 g/mol. The molecule has 2 atom stereocenters. The van der Waals surface area contributed by atoms with Gasteiger partial charge in [0.1, 0.15) is 0 Å². The number of carbonyl (C=O) groups excluding carboxylic acids is 1. The zero-order valence-electron chi connectivity index (χ0n) is 9.38. The summed E-state index contributed by atoms with van der Waals surface area (Å²) in [6, 6.07) is 0. The van der Waals surface area contributed by atoms with Gasteiger partial charge in [-0.2, -0.15) is 11.8 Å². The van der Waals surface area contributed by atoms with Crippen LogP contribution < -0.4 is 11.3 Å². The van der Waals surface area contributed by atoms with Crippen molar-refractivity contribution in [2.24, 2.45) is 11.8 Å². The Balaban J connectivity index is 3.45. The van der Waals surface area contributed by atoms with Gasteiger partial charge in [0.2, 0.25) is 5.91 Å². The fourth-order valence-electron chi connectivity index (χ4n) is 0.936. The molecule has 0 saturated carbocycles. The second kappa shape index (κ2) is 8.12. The van der Waals surface area contributed by atoms with Crippen molar-refractivity contribution in [1.29, 1.82) is 0 Å². The first-order valence-electron chi connectivity index (χ1n) is 5.21. The number of hydrogen-bond donors (Lipinski definition) is 2. The van der Waals surface area contributed by atoms with E-state index in [4.69, 9.17) is 5.84 Å². The highest BCUT2D eigenvalue weighted by atomic mass is 32.2. The first kappa shape index (κ1) is 13.8. The Morgan fingerprint density at radius 3 is 2.64 bits per heavy atom. The van der Waals surface area contributed by atoms with Crippen LogP contribution in [0.4, 0.5) is 0 Å². The lowest BCUT2D eigenvalue weighted by molar-refractivity contribution is -0.121. The van der Waals surface area contributed by atoms with Crippen molar-refractivity contribution >= 4 is 17.7 Å². The minimum absolute atomic E-state index is 0.0685. The van der Waals surface area contributed by atoms with E-state index >= 15 is 0 Å². The van der Waals surface area contributed by atoms with Crippen molar-refractivity contribution in [3.05, 3.63) is 0 Å². The second-order valence-electron chi connectivity index (χ2n) is 3.76. The number of carbonyl (C=O) groups is 1. The first-order chi connectivity index (χ1) is 6.60. The molecule has 0 rings (SSSR count). The smallest absolute Gasteiger partial charge is 0.233 e. The minimum atomic E-state index is -0.0685. The van der Waals surface area contributed by atoms with Crippen LogP contribution in [0.5, 0.6) is 0 Å². The first-order valence-corrected chi connectivity index (χ1v) is 6.26. The largest absolute Gasteiger partial charge is 0.294 e. The molecule has 0 aromatic carbocycles. The number of hydrazine groups is 1. The number of hydrogen-bond acceptors (Lipinski definition) is 3. The maximum Gasteiger partial charge on any atom is 0.233 e. The fraction of sp³-hybridized carbons (Fsp3) is 0.900. The maximum atomic E-state index is 10.9. The standard InChI is InChI=1S/C10H22N2OS/c1-4-8(2)7-14-9(3)5-6-10(13)12-11/h8-9H,4-7,11H2,1-3H3,(H,12,13). The van der Waals surface area contributed by atoms with E-state index in [1.165, 1.54) is 12.2 Å². The molecule has 0 aromatic heterocycles. The summed E-state index contributed by atoms with van der Waals surface area (Å²) < 4.78 is 0. The second-order valence-corrected chi connectivity index (χ2v) is 5.23. The Labute approximate surface area is 91.2 Å². The predicted octanol–water partition coefficient (Wildman–Crippen LogP) is 1.92. The molecular formula is C10H22N2OS. The van der Waals surface area contributed by atoms with Gasteiger partial charge in [-0.3, -0.25) is 10.2 Å². The van der Waals surface area contributed by atoms with Crippen LogP contribution in [0.15, 0.2) is 0 Å². The van der Waals surface area contributed by atoms with Crippen molar-refractivity contribution in [2.45, 2.75) is 45.3 Å². The summed E-state index contributed by atoms with van der Waals surface area (Å²) >= 11 is 1.94. The molecule has 0 aliphatic rings. The molecule has 0 heterocycles. The maximum absolute atomic E-state index is 10.9. The SMILES string of the molecule is CCC(C)CSC(C)CCC(=O)NN. The quantitative estimate of drug-likeness (QED) is 0.390. The number of amides is 1. The van der Waals surface area contributed by atoms with Crippen molar-refractivity contribution in [1.82, 2.24) is 5.43 Å². The number of thioether (sulfide) groups is 1. The van der Waals surface area contributed by atoms with E-state index in [2.05, 4.69) is 26.2 Å². The van der Waals surface area contributed by atoms with Gasteiger partial charge >= 0.3 is 0 Å². The number of rotatable bonds is 7. The average Bonchev–Trinajstić information content (AvgIpc) is 2.22. The summed E-state index contributed by atoms with van der Waals surface area (Å²) in [6.07, 6.45) is 2.66. The minimum Gasteiger partial charge on any atom is -0.294 e. The van der Waals surface area contributed by atoms with Crippen LogP contribution >= 0.6 is 11.8 Å². The van der Waals surface area contributed by atoms with Gasteiger partial charge in [-0.05, 0) is 18.1 Å². The zero-order valence-corrected chi connectivity index (χ0v) is 10.2. The van der Waals surface area contributed by atoms with Crippen LogP contribution in [-0.2, 0) is 4.79 Å². The van der Waals surface area contributed by atoms with Gasteiger partial charge in [0, 0.05) is 11.7 Å². The third-order valence-electron chi connectivity index (χ3n) is 2.30. The molecule has 1 amide bonds. The van der Waals surface area contributed by atoms with E-state index in [9.17, 15) is 4.79 Å². The Morgan fingerprint density at radius 2 is 2.14 bits per heavy atom. The van der Waals surface area contributed by atoms with Gasteiger partial charge in [-0.1, -0.05) is 27.2 Å². The highest BCUT2D eigenvalue weighted by Gasteiger charge is 2.07. The normalized spacial score (nSPS) is 14.9. The molecule has 0 bridgehead atoms. The molecule has 0 fully saturated rings. The summed E-state index contributed by atoms with van der Waals surface area (Å²) in [5.74, 6) is 6.88. The molecule has 3 N–H and O–H groups in total. The topological polar surface area (TPSA) is 55.1 Å². The zero-order chi connectivity index (χ0) is 11.0. The molecule has 0 aromatic rings. The van der Waals surface area contributed by atoms with Crippen LogP contribution in [0.25, 0.3) is 0 Å². The molecule has 0 spiro atoms. The lowest BCUT2D eigenvalue weighted by Crippen LogP contribution is -2.30. The molecule has 0 aliphatic carbocycles. The van der Waals surface area contributed by atoms with Gasteiger partial charge < -0.3 is 0 Å². The number of nitrogens with one attached hydrogen (secondary N) is 1. The third kappa shape index (κ3) is 7.21. The fourth-order valence-corrected chi connectivity index (χ4v) is 2.11. The van der Waals surface area contributed by atoms with Crippen molar-refractivity contribution in [2.75, 3.05) is 5.75 Å². The predicted molar refractivity (Wildman–Crippen MR) is 62.9 cm³/mol. The lowest BCUT2D eigenvalue weighted by Gasteiger charge is -2.13. The van der Waals surface area contributed by atoms with Crippen molar-refractivity contribution < 1.29 is 4.79 Å². The van der Waals surface area contributed by atoms with Gasteiger partial charge in [-0.15, -0.1) is 0 Å².